The molecule has 0 aliphatic heterocycles. The van der Waals surface area contributed by atoms with Gasteiger partial charge in [-0.05, 0) is 60.6 Å². The maximum atomic E-state index is 3.89. The largest absolute Gasteiger partial charge is 0.382 e. The van der Waals surface area contributed by atoms with Crippen LogP contribution in [0.2, 0.25) is 0 Å². The molecule has 0 bridgehead atoms. The molecule has 2 heteroatoms. The van der Waals surface area contributed by atoms with Gasteiger partial charge < -0.3 is 10.6 Å². The van der Waals surface area contributed by atoms with Crippen LogP contribution in [0.15, 0.2) is 6.07 Å². The van der Waals surface area contributed by atoms with Crippen LogP contribution in [0.5, 0.6) is 0 Å². The van der Waals surface area contributed by atoms with Crippen molar-refractivity contribution in [2.75, 3.05) is 10.6 Å². The molecular formula is C24H44N2. The van der Waals surface area contributed by atoms with Crippen molar-refractivity contribution in [3.8, 4) is 0 Å². The average Bonchev–Trinajstić information content (AvgIpc) is 2.47. The van der Waals surface area contributed by atoms with Gasteiger partial charge in [0.25, 0.3) is 0 Å². The van der Waals surface area contributed by atoms with E-state index in [2.05, 4.69) is 99.8 Å². The second kappa shape index (κ2) is 8.23. The zero-order valence-corrected chi connectivity index (χ0v) is 19.5. The normalized spacial score (nSPS) is 15.1. The molecule has 2 atom stereocenters. The van der Waals surface area contributed by atoms with Gasteiger partial charge in [0, 0.05) is 23.5 Å². The van der Waals surface area contributed by atoms with Crippen LogP contribution >= 0.6 is 0 Å². The van der Waals surface area contributed by atoms with Crippen LogP contribution in [-0.2, 0) is 6.42 Å². The molecule has 0 fully saturated rings. The molecule has 0 heterocycles. The van der Waals surface area contributed by atoms with Crippen LogP contribution in [0, 0.1) is 17.8 Å². The molecular weight excluding hydrogens is 316 g/mol. The molecule has 2 unspecified atom stereocenters. The van der Waals surface area contributed by atoms with Gasteiger partial charge in [-0.2, -0.15) is 0 Å². The Balaban J connectivity index is 3.52. The highest BCUT2D eigenvalue weighted by Crippen LogP contribution is 2.39. The van der Waals surface area contributed by atoms with Gasteiger partial charge in [-0.1, -0.05) is 68.4 Å². The van der Waals surface area contributed by atoms with E-state index in [0.29, 0.717) is 18.0 Å². The van der Waals surface area contributed by atoms with Crippen LogP contribution in [0.3, 0.4) is 0 Å². The van der Waals surface area contributed by atoms with Crippen molar-refractivity contribution < 1.29 is 0 Å². The van der Waals surface area contributed by atoms with Crippen molar-refractivity contribution in [1.29, 1.82) is 0 Å². The third kappa shape index (κ3) is 5.41. The third-order valence-corrected chi connectivity index (χ3v) is 5.95. The van der Waals surface area contributed by atoms with Crippen molar-refractivity contribution in [2.45, 2.75) is 108 Å². The number of benzene rings is 1. The van der Waals surface area contributed by atoms with Crippen molar-refractivity contribution >= 4 is 11.4 Å². The minimum Gasteiger partial charge on any atom is -0.382 e. The molecule has 0 saturated carbocycles. The molecule has 1 aromatic rings. The summed E-state index contributed by atoms with van der Waals surface area (Å²) in [6.45, 7) is 27.5. The Morgan fingerprint density at radius 3 is 1.58 bits per heavy atom. The second-order valence-corrected chi connectivity index (χ2v) is 10.5. The minimum absolute atomic E-state index is 0.219. The average molecular weight is 361 g/mol. The van der Waals surface area contributed by atoms with Gasteiger partial charge in [-0.15, -0.1) is 0 Å². The van der Waals surface area contributed by atoms with Gasteiger partial charge in [0.1, 0.15) is 0 Å². The highest BCUT2D eigenvalue weighted by atomic mass is 15.0. The summed E-state index contributed by atoms with van der Waals surface area (Å²) in [5, 5.41) is 7.74. The van der Waals surface area contributed by atoms with Gasteiger partial charge >= 0.3 is 0 Å². The summed E-state index contributed by atoms with van der Waals surface area (Å²) in [7, 11) is 0. The zero-order chi connectivity index (χ0) is 20.4. The second-order valence-electron chi connectivity index (χ2n) is 10.5. The van der Waals surface area contributed by atoms with Crippen LogP contribution in [0.25, 0.3) is 0 Å². The Hall–Kier alpha value is -1.18. The quantitative estimate of drug-likeness (QED) is 0.553. The van der Waals surface area contributed by atoms with Crippen LogP contribution in [0.4, 0.5) is 11.4 Å². The van der Waals surface area contributed by atoms with E-state index >= 15 is 0 Å². The maximum absolute atomic E-state index is 3.89. The molecule has 2 N–H and O–H groups in total. The lowest BCUT2D eigenvalue weighted by Crippen LogP contribution is -2.33. The van der Waals surface area contributed by atoms with E-state index in [9.17, 15) is 0 Å². The van der Waals surface area contributed by atoms with E-state index in [1.165, 1.54) is 28.1 Å². The Morgan fingerprint density at radius 1 is 0.808 bits per heavy atom. The number of hydrogen-bond acceptors (Lipinski definition) is 2. The lowest BCUT2D eigenvalue weighted by atomic mass is 9.85. The monoisotopic (exact) mass is 360 g/mol. The molecule has 1 aromatic carbocycles. The Labute approximate surface area is 163 Å². The number of hydrogen-bond donors (Lipinski definition) is 2. The summed E-state index contributed by atoms with van der Waals surface area (Å²) < 4.78 is 0. The van der Waals surface area contributed by atoms with E-state index in [1.54, 1.807) is 0 Å². The molecule has 0 saturated heterocycles. The molecule has 0 aromatic heterocycles. The smallest absolute Gasteiger partial charge is 0.0431 e. The lowest BCUT2D eigenvalue weighted by molar-refractivity contribution is 0.358. The van der Waals surface area contributed by atoms with E-state index in [4.69, 9.17) is 0 Å². The molecule has 0 radical (unpaired) electrons. The summed E-state index contributed by atoms with van der Waals surface area (Å²) >= 11 is 0. The van der Waals surface area contributed by atoms with Gasteiger partial charge in [-0.3, -0.25) is 0 Å². The first kappa shape index (κ1) is 22.9. The van der Waals surface area contributed by atoms with Crippen molar-refractivity contribution in [2.24, 2.45) is 10.8 Å². The lowest BCUT2D eigenvalue weighted by Gasteiger charge is -2.35. The molecule has 2 nitrogen and oxygen atoms in total. The summed E-state index contributed by atoms with van der Waals surface area (Å²) in [6, 6.07) is 3.20. The first-order valence-corrected chi connectivity index (χ1v) is 10.4. The fraction of sp³-hybridized carbons (Fsp3) is 0.750. The van der Waals surface area contributed by atoms with Gasteiger partial charge in [-0.25, -0.2) is 0 Å². The Bertz CT molecular complexity index is 600. The summed E-state index contributed by atoms with van der Waals surface area (Å²) in [5.41, 5.74) is 7.33. The zero-order valence-electron chi connectivity index (χ0n) is 19.5. The van der Waals surface area contributed by atoms with Crippen LogP contribution in [-0.4, -0.2) is 12.1 Å². The number of rotatable bonds is 6. The summed E-state index contributed by atoms with van der Waals surface area (Å²) in [6.07, 6.45) is 1.03. The predicted molar refractivity (Wildman–Crippen MR) is 120 cm³/mol. The Kier molecular flexibility index (Phi) is 7.24. The topological polar surface area (TPSA) is 24.1 Å². The molecule has 0 aliphatic rings. The first-order valence-electron chi connectivity index (χ1n) is 10.4. The molecule has 150 valence electrons. The molecule has 0 aliphatic carbocycles. The van der Waals surface area contributed by atoms with Gasteiger partial charge in [0.2, 0.25) is 0 Å². The van der Waals surface area contributed by atoms with Crippen LogP contribution in [0.1, 0.15) is 98.8 Å². The maximum Gasteiger partial charge on any atom is 0.0431 e. The minimum atomic E-state index is 0.219. The Morgan fingerprint density at radius 2 is 1.23 bits per heavy atom. The van der Waals surface area contributed by atoms with Gasteiger partial charge in [0.15, 0.2) is 0 Å². The standard InChI is InChI=1S/C24H44N2/c1-13-19-21(25-17(5)23(7,8)9)16(4)14-20(15(2)3)22(19)26-18(6)24(10,11)12/h14-15,17-18,25-26H,13H2,1-12H3. The fourth-order valence-electron chi connectivity index (χ4n) is 2.96. The predicted octanol–water partition coefficient (Wildman–Crippen LogP) is 7.37. The highest BCUT2D eigenvalue weighted by Gasteiger charge is 2.26. The van der Waals surface area contributed by atoms with E-state index in [-0.39, 0.29) is 10.8 Å². The third-order valence-electron chi connectivity index (χ3n) is 5.95. The number of nitrogens with one attached hydrogen (secondary N) is 2. The molecule has 0 spiro atoms. The summed E-state index contributed by atoms with van der Waals surface area (Å²) in [4.78, 5) is 0. The first-order chi connectivity index (χ1) is 11.7. The summed E-state index contributed by atoms with van der Waals surface area (Å²) in [5.74, 6) is 0.503. The molecule has 26 heavy (non-hydrogen) atoms. The van der Waals surface area contributed by atoms with E-state index in [1.807, 2.05) is 0 Å². The van der Waals surface area contributed by atoms with Gasteiger partial charge in [0.05, 0.1) is 0 Å². The number of aryl methyl sites for hydroxylation is 1. The van der Waals surface area contributed by atoms with Crippen LogP contribution < -0.4 is 10.6 Å². The SMILES string of the molecule is CCc1c(NC(C)C(C)(C)C)c(C)cc(C(C)C)c1NC(C)C(C)(C)C. The molecule has 0 amide bonds. The fourth-order valence-corrected chi connectivity index (χ4v) is 2.96. The number of anilines is 2. The van der Waals surface area contributed by atoms with Crippen molar-refractivity contribution in [1.82, 2.24) is 0 Å². The van der Waals surface area contributed by atoms with E-state index in [0.717, 1.165) is 6.42 Å². The van der Waals surface area contributed by atoms with Crippen molar-refractivity contribution in [3.05, 3.63) is 22.8 Å². The van der Waals surface area contributed by atoms with Crippen molar-refractivity contribution in [3.63, 3.8) is 0 Å². The highest BCUT2D eigenvalue weighted by molar-refractivity contribution is 5.74. The van der Waals surface area contributed by atoms with E-state index < -0.39 is 0 Å². The molecule has 1 rings (SSSR count).